The molecule has 6 heteroatoms. The molecule has 1 aliphatic heterocycles. The Bertz CT molecular complexity index is 542. The van der Waals surface area contributed by atoms with E-state index in [1.54, 1.807) is 22.5 Å². The molecule has 1 N–H and O–H groups in total. The zero-order valence-corrected chi connectivity index (χ0v) is 14.1. The predicted molar refractivity (Wildman–Crippen MR) is 84.2 cm³/mol. The topological polar surface area (TPSA) is 49.4 Å². The summed E-state index contributed by atoms with van der Waals surface area (Å²) in [6.45, 7) is 4.99. The van der Waals surface area contributed by atoms with Crippen molar-refractivity contribution in [2.45, 2.75) is 24.7 Å². The lowest BCUT2D eigenvalue weighted by molar-refractivity contribution is 0.294. The van der Waals surface area contributed by atoms with Gasteiger partial charge in [0, 0.05) is 17.6 Å². The van der Waals surface area contributed by atoms with Crippen molar-refractivity contribution in [3.8, 4) is 0 Å². The molecule has 4 nitrogen and oxygen atoms in total. The number of hydrogen-bond acceptors (Lipinski definition) is 3. The van der Waals surface area contributed by atoms with E-state index in [9.17, 15) is 8.42 Å². The molecule has 0 aromatic heterocycles. The first-order chi connectivity index (χ1) is 9.55. The van der Waals surface area contributed by atoms with Crippen molar-refractivity contribution < 1.29 is 8.42 Å². The van der Waals surface area contributed by atoms with Gasteiger partial charge in [0.2, 0.25) is 10.0 Å². The lowest BCUT2D eigenvalue weighted by Gasteiger charge is -2.29. The molecule has 0 atom stereocenters. The predicted octanol–water partition coefficient (Wildman–Crippen LogP) is 2.46. The molecule has 1 aliphatic rings. The Morgan fingerprint density at radius 3 is 2.55 bits per heavy atom. The third-order valence-electron chi connectivity index (χ3n) is 3.73. The lowest BCUT2D eigenvalue weighted by atomic mass is 9.98. The van der Waals surface area contributed by atoms with E-state index in [1.165, 1.54) is 0 Å². The monoisotopic (exact) mass is 360 g/mol. The first-order valence-electron chi connectivity index (χ1n) is 7.01. The molecule has 0 radical (unpaired) electrons. The van der Waals surface area contributed by atoms with Crippen LogP contribution in [-0.2, 0) is 10.0 Å². The van der Waals surface area contributed by atoms with E-state index < -0.39 is 10.0 Å². The standard InChI is InChI=1S/C14H21BrN2O2S/c1-2-17(11-12-7-9-16-10-8-12)20(18,19)14-6-4-3-5-13(14)15/h3-6,12,16H,2,7-11H2,1H3. The Morgan fingerprint density at radius 1 is 1.30 bits per heavy atom. The van der Waals surface area contributed by atoms with Crippen LogP contribution < -0.4 is 5.32 Å². The zero-order chi connectivity index (χ0) is 14.6. The van der Waals surface area contributed by atoms with Crippen molar-refractivity contribution in [3.05, 3.63) is 28.7 Å². The second kappa shape index (κ2) is 7.02. The van der Waals surface area contributed by atoms with Gasteiger partial charge in [0.25, 0.3) is 0 Å². The number of nitrogens with one attached hydrogen (secondary N) is 1. The molecule has 1 aromatic carbocycles. The summed E-state index contributed by atoms with van der Waals surface area (Å²) in [5, 5.41) is 3.31. The lowest BCUT2D eigenvalue weighted by Crippen LogP contribution is -2.39. The molecule has 2 rings (SSSR count). The van der Waals surface area contributed by atoms with Crippen LogP contribution in [0.25, 0.3) is 0 Å². The molecule has 0 saturated carbocycles. The van der Waals surface area contributed by atoms with E-state index in [0.717, 1.165) is 25.9 Å². The van der Waals surface area contributed by atoms with Gasteiger partial charge in [0.15, 0.2) is 0 Å². The molecule has 0 bridgehead atoms. The van der Waals surface area contributed by atoms with Crippen LogP contribution in [0.15, 0.2) is 33.6 Å². The van der Waals surface area contributed by atoms with Crippen LogP contribution in [0.4, 0.5) is 0 Å². The largest absolute Gasteiger partial charge is 0.317 e. The summed E-state index contributed by atoms with van der Waals surface area (Å²) >= 11 is 3.34. The average molecular weight is 361 g/mol. The molecule has 1 aromatic rings. The summed E-state index contributed by atoms with van der Waals surface area (Å²) < 4.78 is 27.7. The Morgan fingerprint density at radius 2 is 1.95 bits per heavy atom. The Labute approximate surface area is 129 Å². The summed E-state index contributed by atoms with van der Waals surface area (Å²) in [5.41, 5.74) is 0. The maximum atomic E-state index is 12.7. The molecule has 0 unspecified atom stereocenters. The van der Waals surface area contributed by atoms with E-state index in [2.05, 4.69) is 21.2 Å². The van der Waals surface area contributed by atoms with Crippen molar-refractivity contribution in [3.63, 3.8) is 0 Å². The summed E-state index contributed by atoms with van der Waals surface area (Å²) in [4.78, 5) is 0.357. The number of rotatable bonds is 5. The average Bonchev–Trinajstić information content (AvgIpc) is 2.46. The maximum Gasteiger partial charge on any atom is 0.244 e. The van der Waals surface area contributed by atoms with E-state index in [1.807, 2.05) is 13.0 Å². The Hall–Kier alpha value is -0.430. The summed E-state index contributed by atoms with van der Waals surface area (Å²) in [6.07, 6.45) is 2.09. The Kier molecular flexibility index (Phi) is 5.60. The minimum atomic E-state index is -3.42. The van der Waals surface area contributed by atoms with Gasteiger partial charge in [-0.05, 0) is 59.9 Å². The fourth-order valence-corrected chi connectivity index (χ4v) is 5.03. The molecule has 0 amide bonds. The van der Waals surface area contributed by atoms with E-state index in [0.29, 0.717) is 28.4 Å². The molecule has 0 aliphatic carbocycles. The van der Waals surface area contributed by atoms with E-state index >= 15 is 0 Å². The number of piperidine rings is 1. The van der Waals surface area contributed by atoms with Gasteiger partial charge in [-0.15, -0.1) is 0 Å². The molecular formula is C14H21BrN2O2S. The first kappa shape index (κ1) is 15.9. The number of hydrogen-bond donors (Lipinski definition) is 1. The van der Waals surface area contributed by atoms with Crippen molar-refractivity contribution in [2.75, 3.05) is 26.2 Å². The van der Waals surface area contributed by atoms with Gasteiger partial charge in [-0.2, -0.15) is 4.31 Å². The quantitative estimate of drug-likeness (QED) is 0.877. The third kappa shape index (κ3) is 3.61. The highest BCUT2D eigenvalue weighted by atomic mass is 79.9. The smallest absolute Gasteiger partial charge is 0.244 e. The van der Waals surface area contributed by atoms with Gasteiger partial charge >= 0.3 is 0 Å². The molecule has 112 valence electrons. The number of halogens is 1. The summed E-state index contributed by atoms with van der Waals surface area (Å²) in [6, 6.07) is 7.01. The SMILES string of the molecule is CCN(CC1CCNCC1)S(=O)(=O)c1ccccc1Br. The van der Waals surface area contributed by atoms with Crippen LogP contribution in [-0.4, -0.2) is 38.9 Å². The highest BCUT2D eigenvalue weighted by molar-refractivity contribution is 9.10. The highest BCUT2D eigenvalue weighted by Crippen LogP contribution is 2.26. The minimum absolute atomic E-state index is 0.357. The van der Waals surface area contributed by atoms with Crippen LogP contribution in [0.3, 0.4) is 0 Å². The molecule has 1 saturated heterocycles. The van der Waals surface area contributed by atoms with Gasteiger partial charge < -0.3 is 5.32 Å². The van der Waals surface area contributed by atoms with Gasteiger partial charge in [-0.1, -0.05) is 19.1 Å². The zero-order valence-electron chi connectivity index (χ0n) is 11.7. The highest BCUT2D eigenvalue weighted by Gasteiger charge is 2.27. The van der Waals surface area contributed by atoms with Gasteiger partial charge in [0.05, 0.1) is 4.90 Å². The summed E-state index contributed by atoms with van der Waals surface area (Å²) in [7, 11) is -3.42. The fraction of sp³-hybridized carbons (Fsp3) is 0.571. The summed E-state index contributed by atoms with van der Waals surface area (Å²) in [5.74, 6) is 0.452. The van der Waals surface area contributed by atoms with Crippen molar-refractivity contribution in [1.82, 2.24) is 9.62 Å². The van der Waals surface area contributed by atoms with Gasteiger partial charge in [-0.3, -0.25) is 0 Å². The molecule has 1 heterocycles. The van der Waals surface area contributed by atoms with Crippen LogP contribution in [0.1, 0.15) is 19.8 Å². The molecule has 1 fully saturated rings. The molecular weight excluding hydrogens is 340 g/mol. The second-order valence-corrected chi connectivity index (χ2v) is 7.84. The van der Waals surface area contributed by atoms with Gasteiger partial charge in [-0.25, -0.2) is 8.42 Å². The molecule has 0 spiro atoms. The number of benzene rings is 1. The maximum absolute atomic E-state index is 12.7. The van der Waals surface area contributed by atoms with Crippen molar-refractivity contribution >= 4 is 26.0 Å². The van der Waals surface area contributed by atoms with Crippen LogP contribution >= 0.6 is 15.9 Å². The van der Waals surface area contributed by atoms with E-state index in [4.69, 9.17) is 0 Å². The fourth-order valence-electron chi connectivity index (χ4n) is 2.54. The third-order valence-corrected chi connectivity index (χ3v) is 6.68. The number of sulfonamides is 1. The Balaban J connectivity index is 2.19. The van der Waals surface area contributed by atoms with E-state index in [-0.39, 0.29) is 0 Å². The van der Waals surface area contributed by atoms with Crippen LogP contribution in [0, 0.1) is 5.92 Å². The van der Waals surface area contributed by atoms with Crippen LogP contribution in [0.5, 0.6) is 0 Å². The number of nitrogens with zero attached hydrogens (tertiary/aromatic N) is 1. The van der Waals surface area contributed by atoms with Crippen molar-refractivity contribution in [1.29, 1.82) is 0 Å². The normalized spacial score (nSPS) is 17.6. The second-order valence-electron chi connectivity index (χ2n) is 5.08. The molecule has 20 heavy (non-hydrogen) atoms. The first-order valence-corrected chi connectivity index (χ1v) is 9.24. The van der Waals surface area contributed by atoms with Gasteiger partial charge in [0.1, 0.15) is 0 Å². The van der Waals surface area contributed by atoms with Crippen LogP contribution in [0.2, 0.25) is 0 Å². The minimum Gasteiger partial charge on any atom is -0.317 e. The van der Waals surface area contributed by atoms with Crippen molar-refractivity contribution in [2.24, 2.45) is 5.92 Å².